The van der Waals surface area contributed by atoms with Gasteiger partial charge in [-0.05, 0) is 37.9 Å². The highest BCUT2D eigenvalue weighted by atomic mass is 79.9. The molecule has 16 heavy (non-hydrogen) atoms. The molecule has 0 spiro atoms. The summed E-state index contributed by atoms with van der Waals surface area (Å²) in [5.41, 5.74) is 0. The maximum absolute atomic E-state index is 12.5. The highest BCUT2D eigenvalue weighted by molar-refractivity contribution is 9.09. The zero-order valence-electron chi connectivity index (χ0n) is 9.40. The zero-order valence-corrected chi connectivity index (χ0v) is 11.8. The molecular formula is C12H18BrNOS. The summed E-state index contributed by atoms with van der Waals surface area (Å²) in [5, 5.41) is 0. The second-order valence-corrected chi connectivity index (χ2v) is 7.70. The molecule has 0 aromatic heterocycles. The van der Waals surface area contributed by atoms with Gasteiger partial charge in [-0.3, -0.25) is 4.79 Å². The SMILES string of the molecule is O=C(C1CCSC1)N1C2CCC1CC(Br)C2. The number of carbonyl (C=O) groups excluding carboxylic acids is 1. The van der Waals surface area contributed by atoms with Crippen molar-refractivity contribution in [2.24, 2.45) is 5.92 Å². The molecule has 1 amide bonds. The fraction of sp³-hybridized carbons (Fsp3) is 0.917. The van der Waals surface area contributed by atoms with Gasteiger partial charge in [-0.15, -0.1) is 0 Å². The van der Waals surface area contributed by atoms with Gasteiger partial charge in [0.25, 0.3) is 0 Å². The molecule has 2 bridgehead atoms. The van der Waals surface area contributed by atoms with Gasteiger partial charge in [0.2, 0.25) is 5.91 Å². The normalized spacial score (nSPS) is 42.7. The van der Waals surface area contributed by atoms with Gasteiger partial charge in [0.1, 0.15) is 0 Å². The predicted octanol–water partition coefficient (Wildman–Crippen LogP) is 2.66. The molecule has 0 aliphatic carbocycles. The standard InChI is InChI=1S/C12H18BrNOS/c13-9-5-10-1-2-11(6-9)14(10)12(15)8-3-4-16-7-8/h8-11H,1-7H2. The Morgan fingerprint density at radius 1 is 1.19 bits per heavy atom. The van der Waals surface area contributed by atoms with Crippen LogP contribution in [0.5, 0.6) is 0 Å². The van der Waals surface area contributed by atoms with Crippen molar-refractivity contribution >= 4 is 33.6 Å². The Balaban J connectivity index is 1.72. The number of nitrogens with zero attached hydrogens (tertiary/aromatic N) is 1. The van der Waals surface area contributed by atoms with E-state index in [2.05, 4.69) is 20.8 Å². The van der Waals surface area contributed by atoms with Crippen LogP contribution in [0.15, 0.2) is 0 Å². The van der Waals surface area contributed by atoms with E-state index in [1.165, 1.54) is 31.4 Å². The van der Waals surface area contributed by atoms with E-state index in [1.807, 2.05) is 11.8 Å². The van der Waals surface area contributed by atoms with Crippen LogP contribution in [0.4, 0.5) is 0 Å². The summed E-state index contributed by atoms with van der Waals surface area (Å²) in [6.45, 7) is 0. The summed E-state index contributed by atoms with van der Waals surface area (Å²) < 4.78 is 0. The van der Waals surface area contributed by atoms with Crippen molar-refractivity contribution in [3.63, 3.8) is 0 Å². The van der Waals surface area contributed by atoms with Gasteiger partial charge in [0.15, 0.2) is 0 Å². The third-order valence-electron chi connectivity index (χ3n) is 4.21. The molecule has 3 saturated heterocycles. The van der Waals surface area contributed by atoms with Crippen LogP contribution in [0.3, 0.4) is 0 Å². The summed E-state index contributed by atoms with van der Waals surface area (Å²) in [7, 11) is 0. The Kier molecular flexibility index (Phi) is 3.22. The summed E-state index contributed by atoms with van der Waals surface area (Å²) in [4.78, 5) is 15.4. The second-order valence-electron chi connectivity index (χ2n) is 5.26. The van der Waals surface area contributed by atoms with Crippen molar-refractivity contribution in [2.45, 2.75) is 49.0 Å². The highest BCUT2D eigenvalue weighted by Crippen LogP contribution is 2.40. The van der Waals surface area contributed by atoms with Crippen molar-refractivity contribution in [1.82, 2.24) is 4.90 Å². The number of piperidine rings is 1. The lowest BCUT2D eigenvalue weighted by Gasteiger charge is -2.38. The first kappa shape index (κ1) is 11.4. The van der Waals surface area contributed by atoms with Gasteiger partial charge in [-0.1, -0.05) is 15.9 Å². The quantitative estimate of drug-likeness (QED) is 0.694. The van der Waals surface area contributed by atoms with E-state index >= 15 is 0 Å². The van der Waals surface area contributed by atoms with Crippen molar-refractivity contribution in [2.75, 3.05) is 11.5 Å². The number of fused-ring (bicyclic) bond motifs is 2. The number of thioether (sulfide) groups is 1. The van der Waals surface area contributed by atoms with E-state index in [0.717, 1.165) is 12.2 Å². The minimum atomic E-state index is 0.333. The molecule has 3 fully saturated rings. The number of carbonyl (C=O) groups is 1. The Labute approximate surface area is 110 Å². The Bertz CT molecular complexity index is 279. The lowest BCUT2D eigenvalue weighted by atomic mass is 9.99. The highest BCUT2D eigenvalue weighted by Gasteiger charge is 2.44. The summed E-state index contributed by atoms with van der Waals surface area (Å²) in [6, 6.07) is 1.09. The minimum Gasteiger partial charge on any atom is -0.336 e. The predicted molar refractivity (Wildman–Crippen MR) is 71.0 cm³/mol. The largest absolute Gasteiger partial charge is 0.336 e. The summed E-state index contributed by atoms with van der Waals surface area (Å²) in [6.07, 6.45) is 5.91. The number of amides is 1. The summed E-state index contributed by atoms with van der Waals surface area (Å²) in [5.74, 6) is 3.05. The molecule has 0 saturated carbocycles. The van der Waals surface area contributed by atoms with E-state index < -0.39 is 0 Å². The molecule has 0 radical (unpaired) electrons. The first-order valence-electron chi connectivity index (χ1n) is 6.29. The number of hydrogen-bond donors (Lipinski definition) is 0. The monoisotopic (exact) mass is 303 g/mol. The van der Waals surface area contributed by atoms with Crippen LogP contribution in [-0.2, 0) is 4.79 Å². The Hall–Kier alpha value is 0.300. The van der Waals surface area contributed by atoms with Crippen LogP contribution in [0, 0.1) is 5.92 Å². The zero-order chi connectivity index (χ0) is 11.1. The van der Waals surface area contributed by atoms with Crippen molar-refractivity contribution in [3.8, 4) is 0 Å². The van der Waals surface area contributed by atoms with E-state index in [1.54, 1.807) is 0 Å². The van der Waals surface area contributed by atoms with Gasteiger partial charge >= 0.3 is 0 Å². The van der Waals surface area contributed by atoms with Crippen molar-refractivity contribution in [1.29, 1.82) is 0 Å². The molecule has 3 heterocycles. The molecule has 4 heteroatoms. The van der Waals surface area contributed by atoms with Crippen LogP contribution in [-0.4, -0.2) is 39.2 Å². The van der Waals surface area contributed by atoms with Crippen LogP contribution >= 0.6 is 27.7 Å². The lowest BCUT2D eigenvalue weighted by Crippen LogP contribution is -2.49. The number of halogens is 1. The molecule has 3 rings (SSSR count). The van der Waals surface area contributed by atoms with E-state index in [4.69, 9.17) is 0 Å². The number of rotatable bonds is 1. The molecule has 3 aliphatic heterocycles. The Morgan fingerprint density at radius 3 is 2.44 bits per heavy atom. The topological polar surface area (TPSA) is 20.3 Å². The molecule has 3 aliphatic rings. The molecule has 90 valence electrons. The average Bonchev–Trinajstić information content (AvgIpc) is 2.85. The fourth-order valence-electron chi connectivity index (χ4n) is 3.41. The second kappa shape index (κ2) is 4.52. The van der Waals surface area contributed by atoms with Gasteiger partial charge in [0, 0.05) is 28.6 Å². The molecular weight excluding hydrogens is 286 g/mol. The maximum atomic E-state index is 12.5. The van der Waals surface area contributed by atoms with Crippen molar-refractivity contribution < 1.29 is 4.79 Å². The maximum Gasteiger partial charge on any atom is 0.227 e. The minimum absolute atomic E-state index is 0.333. The Morgan fingerprint density at radius 2 is 1.88 bits per heavy atom. The first-order chi connectivity index (χ1) is 7.75. The van der Waals surface area contributed by atoms with Gasteiger partial charge in [-0.2, -0.15) is 11.8 Å². The third kappa shape index (κ3) is 1.92. The first-order valence-corrected chi connectivity index (χ1v) is 8.36. The molecule has 0 N–H and O–H groups in total. The van der Waals surface area contributed by atoms with E-state index in [9.17, 15) is 4.79 Å². The van der Waals surface area contributed by atoms with E-state index in [-0.39, 0.29) is 0 Å². The number of alkyl halides is 1. The molecule has 2 nitrogen and oxygen atoms in total. The average molecular weight is 304 g/mol. The van der Waals surface area contributed by atoms with Crippen LogP contribution < -0.4 is 0 Å². The van der Waals surface area contributed by atoms with Crippen LogP contribution in [0.2, 0.25) is 0 Å². The van der Waals surface area contributed by atoms with Gasteiger partial charge in [0.05, 0.1) is 0 Å². The summed E-state index contributed by atoms with van der Waals surface area (Å²) >= 11 is 5.67. The fourth-order valence-corrected chi connectivity index (χ4v) is 5.49. The van der Waals surface area contributed by atoms with Crippen LogP contribution in [0.1, 0.15) is 32.1 Å². The number of hydrogen-bond acceptors (Lipinski definition) is 2. The molecule has 0 aromatic rings. The molecule has 0 aromatic carbocycles. The molecule has 3 unspecified atom stereocenters. The third-order valence-corrected chi connectivity index (χ3v) is 6.12. The van der Waals surface area contributed by atoms with Crippen LogP contribution in [0.25, 0.3) is 0 Å². The smallest absolute Gasteiger partial charge is 0.227 e. The molecule has 3 atom stereocenters. The van der Waals surface area contributed by atoms with Gasteiger partial charge in [-0.25, -0.2) is 0 Å². The lowest BCUT2D eigenvalue weighted by molar-refractivity contribution is -0.139. The van der Waals surface area contributed by atoms with E-state index in [0.29, 0.717) is 28.7 Å². The van der Waals surface area contributed by atoms with Crippen molar-refractivity contribution in [3.05, 3.63) is 0 Å². The van der Waals surface area contributed by atoms with Gasteiger partial charge < -0.3 is 4.90 Å².